The molecule has 1 amide bonds. The molecule has 7 heteroatoms. The number of rotatable bonds is 5. The molecule has 6 nitrogen and oxygen atoms in total. The maximum Gasteiger partial charge on any atom is 0.312 e. The predicted molar refractivity (Wildman–Crippen MR) is 70.4 cm³/mol. The Morgan fingerprint density at radius 3 is 2.21 bits per heavy atom. The zero-order valence-corrected chi connectivity index (χ0v) is 12.5. The van der Waals surface area contributed by atoms with Gasteiger partial charge in [0.15, 0.2) is 9.84 Å². The van der Waals surface area contributed by atoms with Crippen LogP contribution in [0.1, 0.15) is 33.6 Å². The fraction of sp³-hybridized carbons (Fsp3) is 0.833. The van der Waals surface area contributed by atoms with Crippen LogP contribution in [-0.2, 0) is 19.4 Å². The lowest BCUT2D eigenvalue weighted by Crippen LogP contribution is -2.38. The first-order valence-corrected chi connectivity index (χ1v) is 8.03. The van der Waals surface area contributed by atoms with E-state index in [1.165, 1.54) is 0 Å². The number of carbonyl (C=O) groups excluding carboxylic acids is 1. The summed E-state index contributed by atoms with van der Waals surface area (Å²) in [5.74, 6) is -1.42. The molecule has 0 aromatic carbocycles. The van der Waals surface area contributed by atoms with E-state index in [0.717, 1.165) is 6.26 Å². The largest absolute Gasteiger partial charge is 0.481 e. The molecule has 0 bridgehead atoms. The first kappa shape index (κ1) is 15.9. The van der Waals surface area contributed by atoms with Crippen LogP contribution in [0.25, 0.3) is 0 Å². The van der Waals surface area contributed by atoms with E-state index in [1.54, 1.807) is 0 Å². The van der Waals surface area contributed by atoms with Gasteiger partial charge in [-0.15, -0.1) is 0 Å². The average molecular weight is 291 g/mol. The van der Waals surface area contributed by atoms with E-state index >= 15 is 0 Å². The third kappa shape index (κ3) is 3.92. The molecular weight excluding hydrogens is 270 g/mol. The van der Waals surface area contributed by atoms with Gasteiger partial charge in [-0.25, -0.2) is 8.42 Å². The zero-order chi connectivity index (χ0) is 15.1. The highest BCUT2D eigenvalue weighted by atomic mass is 32.2. The van der Waals surface area contributed by atoms with Crippen molar-refractivity contribution in [3.8, 4) is 0 Å². The number of aliphatic carboxylic acids is 1. The van der Waals surface area contributed by atoms with Gasteiger partial charge in [0.2, 0.25) is 5.91 Å². The highest BCUT2D eigenvalue weighted by molar-refractivity contribution is 7.91. The van der Waals surface area contributed by atoms with Gasteiger partial charge in [-0.2, -0.15) is 0 Å². The Balaban J connectivity index is 2.65. The summed E-state index contributed by atoms with van der Waals surface area (Å²) in [4.78, 5) is 22.9. The van der Waals surface area contributed by atoms with Crippen LogP contribution in [0.2, 0.25) is 0 Å². The number of carboxylic acid groups (broad SMARTS) is 1. The van der Waals surface area contributed by atoms with Gasteiger partial charge in [-0.05, 0) is 11.8 Å². The van der Waals surface area contributed by atoms with E-state index in [0.29, 0.717) is 0 Å². The Kier molecular flexibility index (Phi) is 4.01. The molecule has 0 aromatic heterocycles. The van der Waals surface area contributed by atoms with Crippen molar-refractivity contribution >= 4 is 21.7 Å². The standard InChI is InChI=1S/C12H21NO5S/c1-11(2,3)6-9(14)13-7-12(10(15)16)5-8(12)19(4,17)18/h8H,5-7H2,1-4H3,(H,13,14)(H,15,16)/t8-,12+/m0/s1. The van der Waals surface area contributed by atoms with Crippen LogP contribution in [-0.4, -0.2) is 43.5 Å². The number of carbonyl (C=O) groups is 2. The Morgan fingerprint density at radius 2 is 1.89 bits per heavy atom. The molecule has 2 N–H and O–H groups in total. The van der Waals surface area contributed by atoms with Gasteiger partial charge in [0, 0.05) is 19.2 Å². The monoisotopic (exact) mass is 291 g/mol. The van der Waals surface area contributed by atoms with Crippen molar-refractivity contribution < 1.29 is 23.1 Å². The minimum absolute atomic E-state index is 0.0664. The highest BCUT2D eigenvalue weighted by Gasteiger charge is 2.65. The maximum atomic E-state index is 11.7. The van der Waals surface area contributed by atoms with Crippen molar-refractivity contribution in [2.75, 3.05) is 12.8 Å². The highest BCUT2D eigenvalue weighted by Crippen LogP contribution is 2.50. The van der Waals surface area contributed by atoms with Crippen LogP contribution in [0, 0.1) is 10.8 Å². The van der Waals surface area contributed by atoms with Gasteiger partial charge in [0.25, 0.3) is 0 Å². The van der Waals surface area contributed by atoms with E-state index in [9.17, 15) is 18.0 Å². The van der Waals surface area contributed by atoms with Crippen molar-refractivity contribution in [3.05, 3.63) is 0 Å². The fourth-order valence-corrected chi connectivity index (χ4v) is 3.72. The number of amides is 1. The summed E-state index contributed by atoms with van der Waals surface area (Å²) in [6.07, 6.45) is 1.36. The van der Waals surface area contributed by atoms with Crippen molar-refractivity contribution in [1.29, 1.82) is 0 Å². The summed E-state index contributed by atoms with van der Waals surface area (Å²) >= 11 is 0. The Morgan fingerprint density at radius 1 is 1.37 bits per heavy atom. The van der Waals surface area contributed by atoms with Gasteiger partial charge in [-0.1, -0.05) is 20.8 Å². The molecule has 2 atom stereocenters. The van der Waals surface area contributed by atoms with Crippen molar-refractivity contribution in [3.63, 3.8) is 0 Å². The normalized spacial score (nSPS) is 26.8. The molecule has 19 heavy (non-hydrogen) atoms. The van der Waals surface area contributed by atoms with Gasteiger partial charge < -0.3 is 10.4 Å². The topological polar surface area (TPSA) is 101 Å². The Labute approximate surface area is 113 Å². The van der Waals surface area contributed by atoms with Crippen LogP contribution < -0.4 is 5.32 Å². The summed E-state index contributed by atoms with van der Waals surface area (Å²) in [6, 6.07) is 0. The van der Waals surface area contributed by atoms with Crippen LogP contribution in [0.4, 0.5) is 0 Å². The second kappa shape index (κ2) is 4.77. The summed E-state index contributed by atoms with van der Waals surface area (Å²) in [6.45, 7) is 5.57. The lowest BCUT2D eigenvalue weighted by atomic mass is 9.92. The molecule has 0 heterocycles. The summed E-state index contributed by atoms with van der Waals surface area (Å²) in [5.41, 5.74) is -1.54. The predicted octanol–water partition coefficient (Wildman–Crippen LogP) is 0.427. The van der Waals surface area contributed by atoms with Crippen LogP contribution in [0.3, 0.4) is 0 Å². The third-order valence-corrected chi connectivity index (χ3v) is 4.89. The van der Waals surface area contributed by atoms with E-state index < -0.39 is 26.5 Å². The zero-order valence-electron chi connectivity index (χ0n) is 11.7. The number of hydrogen-bond acceptors (Lipinski definition) is 4. The van der Waals surface area contributed by atoms with E-state index in [1.807, 2.05) is 20.8 Å². The molecule has 1 aliphatic rings. The second-order valence-electron chi connectivity index (χ2n) is 6.50. The fourth-order valence-electron chi connectivity index (χ4n) is 2.12. The van der Waals surface area contributed by atoms with Gasteiger partial charge in [0.1, 0.15) is 5.41 Å². The van der Waals surface area contributed by atoms with Gasteiger partial charge >= 0.3 is 5.97 Å². The van der Waals surface area contributed by atoms with E-state index in [4.69, 9.17) is 5.11 Å². The minimum atomic E-state index is -3.40. The Hall–Kier alpha value is -1.11. The molecule has 1 aliphatic carbocycles. The molecule has 0 aromatic rings. The number of nitrogens with one attached hydrogen (secondary N) is 1. The van der Waals surface area contributed by atoms with E-state index in [2.05, 4.69) is 5.32 Å². The van der Waals surface area contributed by atoms with Crippen LogP contribution in [0.15, 0.2) is 0 Å². The number of carboxylic acids is 1. The van der Waals surface area contributed by atoms with E-state index in [-0.39, 0.29) is 30.7 Å². The second-order valence-corrected chi connectivity index (χ2v) is 8.73. The number of hydrogen-bond donors (Lipinski definition) is 2. The number of sulfone groups is 1. The molecule has 0 spiro atoms. The lowest BCUT2D eigenvalue weighted by Gasteiger charge is -2.19. The van der Waals surface area contributed by atoms with Gasteiger partial charge in [0.05, 0.1) is 5.25 Å². The summed E-state index contributed by atoms with van der Waals surface area (Å²) in [7, 11) is -3.40. The molecule has 1 saturated carbocycles. The van der Waals surface area contributed by atoms with Crippen LogP contribution >= 0.6 is 0 Å². The molecular formula is C12H21NO5S. The molecule has 0 aliphatic heterocycles. The molecule has 110 valence electrons. The smallest absolute Gasteiger partial charge is 0.312 e. The quantitative estimate of drug-likeness (QED) is 0.765. The first-order chi connectivity index (χ1) is 8.38. The lowest BCUT2D eigenvalue weighted by molar-refractivity contribution is -0.143. The molecule has 1 fully saturated rings. The Bertz CT molecular complexity index is 491. The molecule has 1 rings (SSSR count). The van der Waals surface area contributed by atoms with Gasteiger partial charge in [-0.3, -0.25) is 9.59 Å². The van der Waals surface area contributed by atoms with Crippen LogP contribution in [0.5, 0.6) is 0 Å². The minimum Gasteiger partial charge on any atom is -0.481 e. The first-order valence-electron chi connectivity index (χ1n) is 6.07. The molecule has 0 radical (unpaired) electrons. The third-order valence-electron chi connectivity index (χ3n) is 3.24. The molecule has 0 unspecified atom stereocenters. The van der Waals surface area contributed by atoms with Crippen molar-refractivity contribution in [1.82, 2.24) is 5.32 Å². The average Bonchev–Trinajstić information content (AvgIpc) is 2.87. The SMILES string of the molecule is CC(C)(C)CC(=O)NC[C@]1(C(=O)O)C[C@@H]1S(C)(=O)=O. The van der Waals surface area contributed by atoms with Crippen molar-refractivity contribution in [2.24, 2.45) is 10.8 Å². The summed E-state index contributed by atoms with van der Waals surface area (Å²) < 4.78 is 22.8. The molecule has 0 saturated heterocycles. The summed E-state index contributed by atoms with van der Waals surface area (Å²) in [5, 5.41) is 10.8. The maximum absolute atomic E-state index is 11.7. The van der Waals surface area contributed by atoms with Crippen molar-refractivity contribution in [2.45, 2.75) is 38.9 Å².